The lowest BCUT2D eigenvalue weighted by atomic mass is 10.1. The van der Waals surface area contributed by atoms with Crippen molar-refractivity contribution in [3.05, 3.63) is 64.7 Å². The first kappa shape index (κ1) is 27.3. The van der Waals surface area contributed by atoms with Gasteiger partial charge >= 0.3 is 12.1 Å². The number of carbonyl (C=O) groups excluding carboxylic acids is 3. The second kappa shape index (κ2) is 12.1. The molecule has 2 aromatic carbocycles. The van der Waals surface area contributed by atoms with E-state index in [1.807, 2.05) is 12.1 Å². The summed E-state index contributed by atoms with van der Waals surface area (Å²) in [7, 11) is 0. The van der Waals surface area contributed by atoms with Crippen molar-refractivity contribution in [1.29, 1.82) is 0 Å². The number of amides is 4. The van der Waals surface area contributed by atoms with Crippen molar-refractivity contribution in [3.63, 3.8) is 0 Å². The van der Waals surface area contributed by atoms with Gasteiger partial charge in [-0.1, -0.05) is 35.9 Å². The standard InChI is InChI=1S/C26H33ClN4O5/c1-26(2,3)36-25(35)31-13-12-30(16-22(31)17-32)23(33)14-18-6-10-21(11-7-18)29-24(34)28-15-19-4-8-20(27)9-5-19/h4-11,22,32H,12-17H2,1-3H3,(H2,28,29,34)/t22-/m0/s1. The molecule has 1 aliphatic heterocycles. The number of aliphatic hydroxyl groups excluding tert-OH is 1. The van der Waals surface area contributed by atoms with Crippen molar-refractivity contribution in [1.82, 2.24) is 15.1 Å². The molecule has 3 rings (SSSR count). The quantitative estimate of drug-likeness (QED) is 0.542. The van der Waals surface area contributed by atoms with Crippen LogP contribution in [0.1, 0.15) is 31.9 Å². The van der Waals surface area contributed by atoms with E-state index in [9.17, 15) is 19.5 Å². The minimum atomic E-state index is -0.636. The molecular formula is C26H33ClN4O5. The summed E-state index contributed by atoms with van der Waals surface area (Å²) in [6.45, 7) is 6.35. The van der Waals surface area contributed by atoms with Gasteiger partial charge in [0.1, 0.15) is 5.60 Å². The van der Waals surface area contributed by atoms with Gasteiger partial charge in [-0.05, 0) is 56.2 Å². The molecule has 10 heteroatoms. The zero-order valence-electron chi connectivity index (χ0n) is 20.8. The van der Waals surface area contributed by atoms with Crippen LogP contribution in [-0.2, 0) is 22.5 Å². The first-order valence-corrected chi connectivity index (χ1v) is 12.2. The number of anilines is 1. The molecule has 0 radical (unpaired) electrons. The van der Waals surface area contributed by atoms with Gasteiger partial charge in [-0.3, -0.25) is 9.69 Å². The van der Waals surface area contributed by atoms with Gasteiger partial charge in [-0.2, -0.15) is 0 Å². The minimum absolute atomic E-state index is 0.0984. The summed E-state index contributed by atoms with van der Waals surface area (Å²) in [5.41, 5.74) is 1.69. The molecule has 2 aromatic rings. The van der Waals surface area contributed by atoms with E-state index in [2.05, 4.69) is 10.6 Å². The minimum Gasteiger partial charge on any atom is -0.444 e. The van der Waals surface area contributed by atoms with Crippen molar-refractivity contribution >= 4 is 35.3 Å². The molecule has 0 saturated carbocycles. The van der Waals surface area contributed by atoms with E-state index in [1.165, 1.54) is 4.90 Å². The van der Waals surface area contributed by atoms with Crippen LogP contribution in [0.25, 0.3) is 0 Å². The zero-order valence-corrected chi connectivity index (χ0v) is 21.5. The SMILES string of the molecule is CC(C)(C)OC(=O)N1CCN(C(=O)Cc2ccc(NC(=O)NCc3ccc(Cl)cc3)cc2)C[C@H]1CO. The van der Waals surface area contributed by atoms with Crippen molar-refractivity contribution in [2.75, 3.05) is 31.6 Å². The molecule has 1 heterocycles. The van der Waals surface area contributed by atoms with Crippen molar-refractivity contribution in [2.45, 2.75) is 45.4 Å². The third-order valence-electron chi connectivity index (χ3n) is 5.61. The number of benzene rings is 2. The molecule has 1 atom stereocenters. The molecule has 1 fully saturated rings. The molecule has 4 amide bonds. The maximum atomic E-state index is 12.9. The number of carbonyl (C=O) groups is 3. The van der Waals surface area contributed by atoms with Crippen LogP contribution in [0.2, 0.25) is 5.02 Å². The third-order valence-corrected chi connectivity index (χ3v) is 5.86. The molecular weight excluding hydrogens is 484 g/mol. The largest absolute Gasteiger partial charge is 0.444 e. The maximum Gasteiger partial charge on any atom is 0.410 e. The number of halogens is 1. The molecule has 0 aromatic heterocycles. The fraction of sp³-hybridized carbons (Fsp3) is 0.423. The molecule has 36 heavy (non-hydrogen) atoms. The number of rotatable bonds is 6. The van der Waals surface area contributed by atoms with Gasteiger partial charge in [-0.15, -0.1) is 0 Å². The second-order valence-corrected chi connectivity index (χ2v) is 10.1. The summed E-state index contributed by atoms with van der Waals surface area (Å²) in [6.07, 6.45) is -0.317. The Morgan fingerprint density at radius 3 is 2.28 bits per heavy atom. The van der Waals surface area contributed by atoms with Gasteiger partial charge in [0.25, 0.3) is 0 Å². The van der Waals surface area contributed by atoms with Gasteiger partial charge in [0.2, 0.25) is 5.91 Å². The molecule has 194 valence electrons. The van der Waals surface area contributed by atoms with E-state index in [4.69, 9.17) is 16.3 Å². The predicted molar refractivity (Wildman–Crippen MR) is 138 cm³/mol. The van der Waals surface area contributed by atoms with Gasteiger partial charge in [0.15, 0.2) is 0 Å². The van der Waals surface area contributed by atoms with Crippen LogP contribution in [0.4, 0.5) is 15.3 Å². The Morgan fingerprint density at radius 2 is 1.67 bits per heavy atom. The van der Waals surface area contributed by atoms with Gasteiger partial charge in [0, 0.05) is 36.9 Å². The molecule has 0 spiro atoms. The Hall–Kier alpha value is -3.30. The van der Waals surface area contributed by atoms with E-state index in [-0.39, 0.29) is 31.5 Å². The summed E-state index contributed by atoms with van der Waals surface area (Å²) >= 11 is 5.87. The average molecular weight is 517 g/mol. The molecule has 0 aliphatic carbocycles. The summed E-state index contributed by atoms with van der Waals surface area (Å²) in [6, 6.07) is 13.4. The Labute approximate surface area is 216 Å². The normalized spacial score (nSPS) is 15.9. The Balaban J connectivity index is 1.48. The number of hydrogen-bond donors (Lipinski definition) is 3. The highest BCUT2D eigenvalue weighted by molar-refractivity contribution is 6.30. The van der Waals surface area contributed by atoms with Gasteiger partial charge < -0.3 is 25.4 Å². The lowest BCUT2D eigenvalue weighted by Crippen LogP contribution is -2.58. The summed E-state index contributed by atoms with van der Waals surface area (Å²) in [5.74, 6) is -0.0984. The Bertz CT molecular complexity index is 1050. The van der Waals surface area contributed by atoms with Crippen LogP contribution < -0.4 is 10.6 Å². The number of ether oxygens (including phenoxy) is 1. The lowest BCUT2D eigenvalue weighted by molar-refractivity contribution is -0.134. The van der Waals surface area contributed by atoms with Gasteiger partial charge in [0.05, 0.1) is 19.1 Å². The first-order valence-electron chi connectivity index (χ1n) is 11.8. The fourth-order valence-corrected chi connectivity index (χ4v) is 3.88. The van der Waals surface area contributed by atoms with Crippen LogP contribution in [0.3, 0.4) is 0 Å². The molecule has 9 nitrogen and oxygen atoms in total. The number of nitrogens with zero attached hydrogens (tertiary/aromatic N) is 2. The molecule has 0 bridgehead atoms. The monoisotopic (exact) mass is 516 g/mol. The summed E-state index contributed by atoms with van der Waals surface area (Å²) in [5, 5.41) is 16.0. The zero-order chi connectivity index (χ0) is 26.3. The van der Waals surface area contributed by atoms with Crippen molar-refractivity contribution in [3.8, 4) is 0 Å². The average Bonchev–Trinajstić information content (AvgIpc) is 2.83. The molecule has 3 N–H and O–H groups in total. The molecule has 0 unspecified atom stereocenters. The van der Waals surface area contributed by atoms with Crippen LogP contribution in [-0.4, -0.2) is 70.8 Å². The van der Waals surface area contributed by atoms with Crippen molar-refractivity contribution in [2.24, 2.45) is 0 Å². The molecule has 1 aliphatic rings. The number of nitrogens with one attached hydrogen (secondary N) is 2. The van der Waals surface area contributed by atoms with Crippen LogP contribution in [0.15, 0.2) is 48.5 Å². The maximum absolute atomic E-state index is 12.9. The van der Waals surface area contributed by atoms with E-state index >= 15 is 0 Å². The Morgan fingerprint density at radius 1 is 1.03 bits per heavy atom. The van der Waals surface area contributed by atoms with E-state index in [1.54, 1.807) is 62.1 Å². The van der Waals surface area contributed by atoms with Crippen molar-refractivity contribution < 1.29 is 24.2 Å². The smallest absolute Gasteiger partial charge is 0.410 e. The number of urea groups is 1. The summed E-state index contributed by atoms with van der Waals surface area (Å²) < 4.78 is 5.41. The van der Waals surface area contributed by atoms with E-state index in [0.717, 1.165) is 11.1 Å². The fourth-order valence-electron chi connectivity index (χ4n) is 3.75. The summed E-state index contributed by atoms with van der Waals surface area (Å²) in [4.78, 5) is 40.6. The van der Waals surface area contributed by atoms with Crippen LogP contribution >= 0.6 is 11.6 Å². The van der Waals surface area contributed by atoms with Crippen LogP contribution in [0, 0.1) is 0 Å². The topological polar surface area (TPSA) is 111 Å². The van der Waals surface area contributed by atoms with E-state index in [0.29, 0.717) is 30.3 Å². The highest BCUT2D eigenvalue weighted by Crippen LogP contribution is 2.17. The number of piperazine rings is 1. The number of hydrogen-bond acceptors (Lipinski definition) is 5. The number of aliphatic hydroxyl groups is 1. The van der Waals surface area contributed by atoms with Crippen LogP contribution in [0.5, 0.6) is 0 Å². The van der Waals surface area contributed by atoms with Gasteiger partial charge in [-0.25, -0.2) is 9.59 Å². The first-order chi connectivity index (χ1) is 17.0. The van der Waals surface area contributed by atoms with E-state index < -0.39 is 17.7 Å². The lowest BCUT2D eigenvalue weighted by Gasteiger charge is -2.41. The third kappa shape index (κ3) is 8.13. The highest BCUT2D eigenvalue weighted by Gasteiger charge is 2.34. The second-order valence-electron chi connectivity index (χ2n) is 9.66. The predicted octanol–water partition coefficient (Wildman–Crippen LogP) is 3.64. The molecule has 1 saturated heterocycles. The highest BCUT2D eigenvalue weighted by atomic mass is 35.5. The Kier molecular flexibility index (Phi) is 9.17.